The van der Waals surface area contributed by atoms with E-state index in [0.29, 0.717) is 21.7 Å². The number of anilines is 3. The highest BCUT2D eigenvalue weighted by molar-refractivity contribution is 9.11. The smallest absolute Gasteiger partial charge is 0.151 e. The molecule has 1 heterocycles. The quantitative estimate of drug-likeness (QED) is 0.662. The standard InChI is InChI=1S/C12H9Br2Cl2N3/c1-17-11-8(15)5-9(16)12(19-11)18-10-6(13)3-2-4-7(10)14/h2-5H,1H3,(H2,17,18,19). The maximum Gasteiger partial charge on any atom is 0.151 e. The van der Waals surface area contributed by atoms with Gasteiger partial charge in [0.05, 0.1) is 15.7 Å². The minimum absolute atomic E-state index is 0.451. The first-order valence-electron chi connectivity index (χ1n) is 5.27. The molecule has 1 aromatic heterocycles. The van der Waals surface area contributed by atoms with E-state index >= 15 is 0 Å². The maximum atomic E-state index is 6.15. The molecule has 0 saturated carbocycles. The Morgan fingerprint density at radius 3 is 2.21 bits per heavy atom. The molecule has 3 nitrogen and oxygen atoms in total. The van der Waals surface area contributed by atoms with Gasteiger partial charge in [0.25, 0.3) is 0 Å². The Bertz CT molecular complexity index is 600. The minimum Gasteiger partial charge on any atom is -0.372 e. The monoisotopic (exact) mass is 423 g/mol. The van der Waals surface area contributed by atoms with E-state index in [4.69, 9.17) is 23.2 Å². The molecule has 0 bridgehead atoms. The maximum absolute atomic E-state index is 6.15. The van der Waals surface area contributed by atoms with Crippen molar-refractivity contribution in [2.45, 2.75) is 0 Å². The van der Waals surface area contributed by atoms with Crippen molar-refractivity contribution in [2.24, 2.45) is 0 Å². The van der Waals surface area contributed by atoms with E-state index in [2.05, 4.69) is 47.5 Å². The van der Waals surface area contributed by atoms with Crippen LogP contribution in [0, 0.1) is 0 Å². The summed E-state index contributed by atoms with van der Waals surface area (Å²) in [5.41, 5.74) is 0.848. The van der Waals surface area contributed by atoms with Crippen LogP contribution in [-0.4, -0.2) is 12.0 Å². The number of para-hydroxylation sites is 1. The predicted octanol–water partition coefficient (Wildman–Crippen LogP) is 5.70. The number of hydrogen-bond donors (Lipinski definition) is 2. The van der Waals surface area contributed by atoms with Crippen molar-refractivity contribution >= 4 is 72.4 Å². The van der Waals surface area contributed by atoms with Crippen LogP contribution in [0.1, 0.15) is 0 Å². The van der Waals surface area contributed by atoms with E-state index < -0.39 is 0 Å². The zero-order chi connectivity index (χ0) is 14.0. The number of pyridine rings is 1. The predicted molar refractivity (Wildman–Crippen MR) is 88.9 cm³/mol. The van der Waals surface area contributed by atoms with Gasteiger partial charge in [-0.2, -0.15) is 0 Å². The Labute approximate surface area is 138 Å². The number of nitrogens with one attached hydrogen (secondary N) is 2. The van der Waals surface area contributed by atoms with Gasteiger partial charge < -0.3 is 10.6 Å². The summed E-state index contributed by atoms with van der Waals surface area (Å²) in [4.78, 5) is 4.34. The van der Waals surface area contributed by atoms with Crippen molar-refractivity contribution < 1.29 is 0 Å². The lowest BCUT2D eigenvalue weighted by Gasteiger charge is -2.13. The van der Waals surface area contributed by atoms with Gasteiger partial charge >= 0.3 is 0 Å². The highest BCUT2D eigenvalue weighted by atomic mass is 79.9. The highest BCUT2D eigenvalue weighted by Crippen LogP contribution is 2.36. The zero-order valence-electron chi connectivity index (χ0n) is 9.77. The molecule has 0 aliphatic carbocycles. The molecule has 0 aliphatic heterocycles. The van der Waals surface area contributed by atoms with Crippen molar-refractivity contribution in [3.63, 3.8) is 0 Å². The topological polar surface area (TPSA) is 37.0 Å². The summed E-state index contributed by atoms with van der Waals surface area (Å²) < 4.78 is 1.81. The molecule has 2 aromatic rings. The molecule has 0 atom stereocenters. The number of nitrogens with zero attached hydrogens (tertiary/aromatic N) is 1. The van der Waals surface area contributed by atoms with Crippen LogP contribution in [0.2, 0.25) is 10.0 Å². The molecular weight excluding hydrogens is 417 g/mol. The third-order valence-electron chi connectivity index (χ3n) is 2.37. The van der Waals surface area contributed by atoms with Gasteiger partial charge in [-0.3, -0.25) is 0 Å². The minimum atomic E-state index is 0.451. The third kappa shape index (κ3) is 3.34. The molecule has 100 valence electrons. The lowest BCUT2D eigenvalue weighted by Crippen LogP contribution is -2.00. The van der Waals surface area contributed by atoms with Crippen molar-refractivity contribution in [1.29, 1.82) is 0 Å². The number of benzene rings is 1. The molecule has 0 spiro atoms. The van der Waals surface area contributed by atoms with E-state index in [-0.39, 0.29) is 0 Å². The van der Waals surface area contributed by atoms with Crippen LogP contribution in [0.25, 0.3) is 0 Å². The van der Waals surface area contributed by atoms with Crippen LogP contribution in [-0.2, 0) is 0 Å². The normalized spacial score (nSPS) is 10.4. The molecule has 7 heteroatoms. The summed E-state index contributed by atoms with van der Waals surface area (Å²) in [5, 5.41) is 7.01. The molecule has 0 unspecified atom stereocenters. The summed E-state index contributed by atoms with van der Waals surface area (Å²) in [5.74, 6) is 1.10. The number of aromatic nitrogens is 1. The van der Waals surface area contributed by atoms with Gasteiger partial charge in [-0.05, 0) is 50.1 Å². The van der Waals surface area contributed by atoms with Gasteiger partial charge in [0, 0.05) is 16.0 Å². The van der Waals surface area contributed by atoms with Crippen LogP contribution in [0.5, 0.6) is 0 Å². The highest BCUT2D eigenvalue weighted by Gasteiger charge is 2.11. The fourth-order valence-corrected chi connectivity index (χ4v) is 3.16. The molecular formula is C12H9Br2Cl2N3. The van der Waals surface area contributed by atoms with E-state index in [1.54, 1.807) is 13.1 Å². The SMILES string of the molecule is CNc1nc(Nc2c(Br)cccc2Br)c(Cl)cc1Cl. The largest absolute Gasteiger partial charge is 0.372 e. The zero-order valence-corrected chi connectivity index (χ0v) is 14.5. The third-order valence-corrected chi connectivity index (χ3v) is 4.27. The Hall–Kier alpha value is -0.490. The average molecular weight is 426 g/mol. The van der Waals surface area contributed by atoms with Gasteiger partial charge in [-0.1, -0.05) is 29.3 Å². The Morgan fingerprint density at radius 2 is 1.63 bits per heavy atom. The van der Waals surface area contributed by atoms with E-state index in [0.717, 1.165) is 14.6 Å². The molecule has 1 aromatic carbocycles. The van der Waals surface area contributed by atoms with Crippen LogP contribution in [0.4, 0.5) is 17.3 Å². The van der Waals surface area contributed by atoms with Gasteiger partial charge in [-0.15, -0.1) is 0 Å². The molecule has 19 heavy (non-hydrogen) atoms. The number of rotatable bonds is 3. The first kappa shape index (κ1) is 14.9. The van der Waals surface area contributed by atoms with E-state index in [9.17, 15) is 0 Å². The van der Waals surface area contributed by atoms with E-state index in [1.807, 2.05) is 18.2 Å². The molecule has 0 fully saturated rings. The summed E-state index contributed by atoms with van der Waals surface area (Å²) in [6.45, 7) is 0. The molecule has 0 saturated heterocycles. The molecule has 0 radical (unpaired) electrons. The van der Waals surface area contributed by atoms with E-state index in [1.165, 1.54) is 0 Å². The molecule has 2 rings (SSSR count). The van der Waals surface area contributed by atoms with Gasteiger partial charge in [0.1, 0.15) is 5.82 Å². The Kier molecular flexibility index (Phi) is 4.95. The number of hydrogen-bond acceptors (Lipinski definition) is 3. The number of halogens is 4. The van der Waals surface area contributed by atoms with Gasteiger partial charge in [0.15, 0.2) is 5.82 Å². The van der Waals surface area contributed by atoms with Crippen LogP contribution < -0.4 is 10.6 Å². The second kappa shape index (κ2) is 6.31. The van der Waals surface area contributed by atoms with Gasteiger partial charge in [0.2, 0.25) is 0 Å². The van der Waals surface area contributed by atoms with Crippen LogP contribution in [0.3, 0.4) is 0 Å². The van der Waals surface area contributed by atoms with Gasteiger partial charge in [-0.25, -0.2) is 4.98 Å². The van der Waals surface area contributed by atoms with Crippen molar-refractivity contribution in [3.05, 3.63) is 43.3 Å². The molecule has 0 amide bonds. The van der Waals surface area contributed by atoms with Crippen LogP contribution >= 0.6 is 55.1 Å². The lowest BCUT2D eigenvalue weighted by molar-refractivity contribution is 1.27. The summed E-state index contributed by atoms with van der Waals surface area (Å²) in [6, 6.07) is 7.43. The first-order chi connectivity index (χ1) is 9.02. The molecule has 0 aliphatic rings. The second-order valence-electron chi connectivity index (χ2n) is 3.62. The fourth-order valence-electron chi connectivity index (χ4n) is 1.47. The molecule has 2 N–H and O–H groups in total. The summed E-state index contributed by atoms with van der Waals surface area (Å²) >= 11 is 19.1. The summed E-state index contributed by atoms with van der Waals surface area (Å²) in [6.07, 6.45) is 0. The first-order valence-corrected chi connectivity index (χ1v) is 7.62. The second-order valence-corrected chi connectivity index (χ2v) is 6.14. The van der Waals surface area contributed by atoms with Crippen molar-refractivity contribution in [3.8, 4) is 0 Å². The van der Waals surface area contributed by atoms with Crippen LogP contribution in [0.15, 0.2) is 33.2 Å². The van der Waals surface area contributed by atoms with Crippen molar-refractivity contribution in [2.75, 3.05) is 17.7 Å². The lowest BCUT2D eigenvalue weighted by atomic mass is 10.3. The van der Waals surface area contributed by atoms with Crippen molar-refractivity contribution in [1.82, 2.24) is 4.98 Å². The fraction of sp³-hybridized carbons (Fsp3) is 0.0833. The average Bonchev–Trinajstić information content (AvgIpc) is 2.36. The Morgan fingerprint density at radius 1 is 1.05 bits per heavy atom. The Balaban J connectivity index is 2.44. The summed E-state index contributed by atoms with van der Waals surface area (Å²) in [7, 11) is 1.75.